The second kappa shape index (κ2) is 3.74. The molecule has 0 aromatic carbocycles. The molecule has 5 nitrogen and oxygen atoms in total. The number of Topliss-reactive ketones (excluding diaryl/α,β-unsaturated/α-hetero) is 2. The first kappa shape index (κ1) is 9.29. The maximum Gasteiger partial charge on any atom is 0.302 e. The summed E-state index contributed by atoms with van der Waals surface area (Å²) >= 11 is 5.35. The molecule has 0 amide bonds. The minimum atomic E-state index is -1.15. The molecule has 1 aromatic rings. The highest BCUT2D eigenvalue weighted by molar-refractivity contribution is 6.48. The lowest BCUT2D eigenvalue weighted by Gasteiger charge is -1.92. The molecular weight excluding hydrogens is 194 g/mol. The van der Waals surface area contributed by atoms with Gasteiger partial charge in [-0.15, -0.1) is 0 Å². The van der Waals surface area contributed by atoms with Gasteiger partial charge in [0.15, 0.2) is 0 Å². The lowest BCUT2D eigenvalue weighted by atomic mass is 10.2. The maximum atomic E-state index is 11.0. The number of ketones is 2. The van der Waals surface area contributed by atoms with Gasteiger partial charge in [0, 0.05) is 12.4 Å². The molecule has 0 atom stereocenters. The van der Waals surface area contributed by atoms with Crippen LogP contribution in [0, 0.1) is 11.3 Å². The largest absolute Gasteiger partial charge is 0.302 e. The smallest absolute Gasteiger partial charge is 0.284 e. The topological polar surface area (TPSA) is 83.7 Å². The van der Waals surface area contributed by atoms with Crippen LogP contribution in [0.2, 0.25) is 5.28 Å². The first-order chi connectivity index (χ1) is 6.15. The third-order valence-corrected chi connectivity index (χ3v) is 1.39. The van der Waals surface area contributed by atoms with Crippen molar-refractivity contribution in [2.24, 2.45) is 0 Å². The first-order valence-electron chi connectivity index (χ1n) is 3.11. The van der Waals surface area contributed by atoms with Crippen LogP contribution >= 0.6 is 11.6 Å². The number of hydrogen-bond acceptors (Lipinski definition) is 5. The first-order valence-corrected chi connectivity index (χ1v) is 3.49. The van der Waals surface area contributed by atoms with E-state index in [9.17, 15) is 9.59 Å². The Labute approximate surface area is 78.0 Å². The molecule has 13 heavy (non-hydrogen) atoms. The molecule has 0 saturated carbocycles. The van der Waals surface area contributed by atoms with Gasteiger partial charge in [0.05, 0.1) is 5.56 Å². The molecule has 0 bridgehead atoms. The SMILES string of the molecule is N#CC(=O)C(=O)c1cnc(Cl)nc1. The van der Waals surface area contributed by atoms with E-state index in [2.05, 4.69) is 9.97 Å². The number of halogens is 1. The Hall–Kier alpha value is -1.80. The average molecular weight is 196 g/mol. The molecule has 0 spiro atoms. The standard InChI is InChI=1S/C7H2ClN3O2/c8-7-10-2-4(3-11-7)6(13)5(12)1-9/h2-3H. The second-order valence-electron chi connectivity index (χ2n) is 2.01. The fraction of sp³-hybridized carbons (Fsp3) is 0. The molecule has 6 heteroatoms. The zero-order valence-electron chi connectivity index (χ0n) is 6.19. The van der Waals surface area contributed by atoms with E-state index < -0.39 is 11.6 Å². The van der Waals surface area contributed by atoms with Crippen LogP contribution in [0.25, 0.3) is 0 Å². The lowest BCUT2D eigenvalue weighted by molar-refractivity contribution is -0.110. The molecule has 0 N–H and O–H groups in total. The lowest BCUT2D eigenvalue weighted by Crippen LogP contribution is -2.12. The van der Waals surface area contributed by atoms with E-state index in [1.54, 1.807) is 0 Å². The van der Waals surface area contributed by atoms with Gasteiger partial charge in [0.25, 0.3) is 0 Å². The van der Waals surface area contributed by atoms with Crippen LogP contribution in [0.15, 0.2) is 12.4 Å². The zero-order chi connectivity index (χ0) is 9.84. The molecule has 1 heterocycles. The predicted octanol–water partition coefficient (Wildman–Crippen LogP) is 0.405. The molecule has 0 saturated heterocycles. The number of carbonyl (C=O) groups is 2. The molecule has 64 valence electrons. The van der Waals surface area contributed by atoms with Crippen LogP contribution in [-0.2, 0) is 4.79 Å². The average Bonchev–Trinajstić information content (AvgIpc) is 2.17. The number of nitriles is 1. The summed E-state index contributed by atoms with van der Waals surface area (Å²) in [5.74, 6) is -2.08. The predicted molar refractivity (Wildman–Crippen MR) is 42.0 cm³/mol. The van der Waals surface area contributed by atoms with Crippen molar-refractivity contribution in [3.8, 4) is 6.07 Å². The van der Waals surface area contributed by atoms with E-state index in [0.29, 0.717) is 0 Å². The summed E-state index contributed by atoms with van der Waals surface area (Å²) in [5.41, 5.74) is -0.0454. The van der Waals surface area contributed by atoms with Crippen molar-refractivity contribution in [1.82, 2.24) is 9.97 Å². The number of nitrogens with zero attached hydrogens (tertiary/aromatic N) is 3. The summed E-state index contributed by atoms with van der Waals surface area (Å²) in [6, 6.07) is 1.20. The van der Waals surface area contributed by atoms with Crippen molar-refractivity contribution in [3.63, 3.8) is 0 Å². The Morgan fingerprint density at radius 1 is 1.38 bits per heavy atom. The van der Waals surface area contributed by atoms with Gasteiger partial charge in [-0.3, -0.25) is 9.59 Å². The molecule has 0 aliphatic rings. The van der Waals surface area contributed by atoms with Gasteiger partial charge in [0.2, 0.25) is 11.1 Å². The van der Waals surface area contributed by atoms with E-state index in [0.717, 1.165) is 12.4 Å². The molecule has 0 aliphatic carbocycles. The van der Waals surface area contributed by atoms with E-state index in [4.69, 9.17) is 16.9 Å². The molecule has 0 aliphatic heterocycles. The molecule has 0 unspecified atom stereocenters. The van der Waals surface area contributed by atoms with Crippen molar-refractivity contribution in [1.29, 1.82) is 5.26 Å². The van der Waals surface area contributed by atoms with Gasteiger partial charge in [-0.1, -0.05) is 0 Å². The monoisotopic (exact) mass is 195 g/mol. The van der Waals surface area contributed by atoms with Crippen molar-refractivity contribution in [2.45, 2.75) is 0 Å². The fourth-order valence-electron chi connectivity index (χ4n) is 0.611. The number of aromatic nitrogens is 2. The quantitative estimate of drug-likeness (QED) is 0.295. The third kappa shape index (κ3) is 2.07. The molecular formula is C7H2ClN3O2. The molecule has 0 fully saturated rings. The minimum absolute atomic E-state index is 0.0269. The highest BCUT2D eigenvalue weighted by Crippen LogP contribution is 2.01. The summed E-state index contributed by atoms with van der Waals surface area (Å²) < 4.78 is 0. The van der Waals surface area contributed by atoms with Gasteiger partial charge < -0.3 is 0 Å². The van der Waals surface area contributed by atoms with Crippen molar-refractivity contribution in [3.05, 3.63) is 23.2 Å². The van der Waals surface area contributed by atoms with Crippen molar-refractivity contribution < 1.29 is 9.59 Å². The third-order valence-electron chi connectivity index (χ3n) is 1.19. The van der Waals surface area contributed by atoms with Crippen LogP contribution in [0.1, 0.15) is 10.4 Å². The Bertz CT molecular complexity index is 393. The summed E-state index contributed by atoms with van der Waals surface area (Å²) in [7, 11) is 0. The Morgan fingerprint density at radius 3 is 2.38 bits per heavy atom. The molecule has 0 radical (unpaired) electrons. The van der Waals surface area contributed by atoms with Crippen molar-refractivity contribution >= 4 is 23.2 Å². The Kier molecular flexibility index (Phi) is 2.67. The maximum absolute atomic E-state index is 11.0. The molecule has 1 rings (SSSR count). The summed E-state index contributed by atoms with van der Waals surface area (Å²) in [6.45, 7) is 0. The number of rotatable bonds is 2. The van der Waals surface area contributed by atoms with Crippen LogP contribution < -0.4 is 0 Å². The van der Waals surface area contributed by atoms with Gasteiger partial charge in [-0.05, 0) is 11.6 Å². The van der Waals surface area contributed by atoms with E-state index in [1.807, 2.05) is 0 Å². The van der Waals surface area contributed by atoms with Crippen LogP contribution in [0.3, 0.4) is 0 Å². The van der Waals surface area contributed by atoms with Gasteiger partial charge in [0.1, 0.15) is 6.07 Å². The van der Waals surface area contributed by atoms with Crippen molar-refractivity contribution in [2.75, 3.05) is 0 Å². The highest BCUT2D eigenvalue weighted by atomic mass is 35.5. The normalized spacial score (nSPS) is 8.92. The second-order valence-corrected chi connectivity index (χ2v) is 2.35. The van der Waals surface area contributed by atoms with Crippen LogP contribution in [-0.4, -0.2) is 21.5 Å². The highest BCUT2D eigenvalue weighted by Gasteiger charge is 2.15. The minimum Gasteiger partial charge on any atom is -0.284 e. The zero-order valence-corrected chi connectivity index (χ0v) is 6.95. The molecule has 1 aromatic heterocycles. The summed E-state index contributed by atoms with van der Waals surface area (Å²) in [5, 5.41) is 8.11. The van der Waals surface area contributed by atoms with E-state index >= 15 is 0 Å². The van der Waals surface area contributed by atoms with Gasteiger partial charge in [-0.2, -0.15) is 5.26 Å². The summed E-state index contributed by atoms with van der Waals surface area (Å²) in [6.07, 6.45) is 2.18. The Balaban J connectivity index is 2.98. The summed E-state index contributed by atoms with van der Waals surface area (Å²) in [4.78, 5) is 28.6. The van der Waals surface area contributed by atoms with Gasteiger partial charge >= 0.3 is 5.78 Å². The van der Waals surface area contributed by atoms with Crippen LogP contribution in [0.5, 0.6) is 0 Å². The number of hydrogen-bond donors (Lipinski definition) is 0. The fourth-order valence-corrected chi connectivity index (χ4v) is 0.709. The van der Waals surface area contributed by atoms with Gasteiger partial charge in [-0.25, -0.2) is 9.97 Å². The Morgan fingerprint density at radius 2 is 1.92 bits per heavy atom. The van der Waals surface area contributed by atoms with E-state index in [1.165, 1.54) is 6.07 Å². The van der Waals surface area contributed by atoms with E-state index in [-0.39, 0.29) is 10.8 Å². The van der Waals surface area contributed by atoms with Crippen LogP contribution in [0.4, 0.5) is 0 Å². The number of carbonyl (C=O) groups excluding carboxylic acids is 2.